The van der Waals surface area contributed by atoms with Gasteiger partial charge in [0.05, 0.1) is 11.6 Å². The van der Waals surface area contributed by atoms with Crippen LogP contribution in [0, 0.1) is 0 Å². The van der Waals surface area contributed by atoms with E-state index in [2.05, 4.69) is 10.3 Å². The average Bonchev–Trinajstić information content (AvgIpc) is 2.09. The highest BCUT2D eigenvalue weighted by Gasteiger charge is 2.03. The van der Waals surface area contributed by atoms with Crippen molar-refractivity contribution >= 4 is 23.3 Å². The van der Waals surface area contributed by atoms with Gasteiger partial charge in [0.25, 0.3) is 0 Å². The summed E-state index contributed by atoms with van der Waals surface area (Å²) in [5.74, 6) is 0.0326. The zero-order valence-electron chi connectivity index (χ0n) is 6.25. The average molecular weight is 186 g/mol. The monoisotopic (exact) mass is 185 g/mol. The number of hydrogen-bond acceptors (Lipinski definition) is 3. The number of rotatable bonds is 2. The summed E-state index contributed by atoms with van der Waals surface area (Å²) in [4.78, 5) is 14.6. The molecule has 0 aliphatic heterocycles. The van der Waals surface area contributed by atoms with Gasteiger partial charge in [-0.3, -0.25) is 4.79 Å². The van der Waals surface area contributed by atoms with Gasteiger partial charge in [0.1, 0.15) is 0 Å². The molecule has 0 aliphatic rings. The van der Waals surface area contributed by atoms with Crippen molar-refractivity contribution in [2.75, 3.05) is 11.9 Å². The van der Waals surface area contributed by atoms with Gasteiger partial charge in [-0.05, 0) is 12.1 Å². The lowest BCUT2D eigenvalue weighted by molar-refractivity contribution is -0.114. The van der Waals surface area contributed by atoms with Gasteiger partial charge in [-0.1, -0.05) is 11.6 Å². The zero-order valence-corrected chi connectivity index (χ0v) is 7.01. The van der Waals surface area contributed by atoms with Crippen LogP contribution in [0.3, 0.4) is 0 Å². The summed E-state index contributed by atoms with van der Waals surface area (Å²) < 4.78 is 0. The fourth-order valence-corrected chi connectivity index (χ4v) is 0.830. The fourth-order valence-electron chi connectivity index (χ4n) is 0.661. The molecular formula is C7H8ClN3O. The Morgan fingerprint density at radius 2 is 2.50 bits per heavy atom. The molecule has 4 nitrogen and oxygen atoms in total. The summed E-state index contributed by atoms with van der Waals surface area (Å²) in [5.41, 5.74) is 5.09. The van der Waals surface area contributed by atoms with Gasteiger partial charge in [-0.15, -0.1) is 0 Å². The predicted molar refractivity (Wildman–Crippen MR) is 46.9 cm³/mol. The van der Waals surface area contributed by atoms with Crippen LogP contribution in [0.5, 0.6) is 0 Å². The van der Waals surface area contributed by atoms with Crippen molar-refractivity contribution in [3.05, 3.63) is 23.4 Å². The molecule has 0 unspecified atom stereocenters. The van der Waals surface area contributed by atoms with Crippen LogP contribution in [-0.4, -0.2) is 17.4 Å². The normalized spacial score (nSPS) is 9.50. The van der Waals surface area contributed by atoms with Crippen LogP contribution in [0.2, 0.25) is 5.02 Å². The van der Waals surface area contributed by atoms with E-state index in [4.69, 9.17) is 17.3 Å². The highest BCUT2D eigenvalue weighted by atomic mass is 35.5. The fraction of sp³-hybridized carbons (Fsp3) is 0.143. The van der Waals surface area contributed by atoms with Gasteiger partial charge >= 0.3 is 0 Å². The smallest absolute Gasteiger partial charge is 0.239 e. The number of halogens is 1. The standard InChI is InChI=1S/C7H8ClN3O/c8-5-2-1-3-10-7(5)11-6(12)4-9/h1-3H,4,9H2,(H,10,11,12). The SMILES string of the molecule is NCC(=O)Nc1ncccc1Cl. The molecule has 1 rings (SSSR count). The number of anilines is 1. The molecule has 0 radical (unpaired) electrons. The Labute approximate surface area is 74.7 Å². The third-order valence-corrected chi connectivity index (χ3v) is 1.51. The molecule has 0 saturated carbocycles. The minimum Gasteiger partial charge on any atom is -0.322 e. The number of aromatic nitrogens is 1. The van der Waals surface area contributed by atoms with Crippen LogP contribution in [0.4, 0.5) is 5.82 Å². The number of hydrogen-bond donors (Lipinski definition) is 2. The summed E-state index contributed by atoms with van der Waals surface area (Å²) >= 11 is 5.71. The summed E-state index contributed by atoms with van der Waals surface area (Å²) in [6.45, 7) is -0.0765. The first-order valence-electron chi connectivity index (χ1n) is 3.34. The molecule has 0 aliphatic carbocycles. The molecule has 1 heterocycles. The summed E-state index contributed by atoms with van der Waals surface area (Å²) in [5, 5.41) is 2.86. The van der Waals surface area contributed by atoms with Gasteiger partial charge in [-0.25, -0.2) is 4.98 Å². The Morgan fingerprint density at radius 1 is 1.75 bits per heavy atom. The van der Waals surface area contributed by atoms with Crippen LogP contribution in [0.1, 0.15) is 0 Å². The third-order valence-electron chi connectivity index (χ3n) is 1.20. The van der Waals surface area contributed by atoms with E-state index in [-0.39, 0.29) is 12.5 Å². The van der Waals surface area contributed by atoms with E-state index in [0.717, 1.165) is 0 Å². The number of nitrogens with zero attached hydrogens (tertiary/aromatic N) is 1. The second kappa shape index (κ2) is 4.04. The minimum atomic E-state index is -0.310. The lowest BCUT2D eigenvalue weighted by Gasteiger charge is -2.02. The number of carbonyl (C=O) groups excluding carboxylic acids is 1. The van der Waals surface area contributed by atoms with Crippen LogP contribution in [0.15, 0.2) is 18.3 Å². The topological polar surface area (TPSA) is 68.0 Å². The quantitative estimate of drug-likeness (QED) is 0.710. The molecule has 1 aromatic rings. The second-order valence-electron chi connectivity index (χ2n) is 2.09. The molecular weight excluding hydrogens is 178 g/mol. The molecule has 3 N–H and O–H groups in total. The lowest BCUT2D eigenvalue weighted by atomic mass is 10.4. The molecule has 64 valence electrons. The second-order valence-corrected chi connectivity index (χ2v) is 2.49. The highest BCUT2D eigenvalue weighted by Crippen LogP contribution is 2.16. The van der Waals surface area contributed by atoms with E-state index in [1.165, 1.54) is 6.20 Å². The van der Waals surface area contributed by atoms with Gasteiger partial charge in [-0.2, -0.15) is 0 Å². The molecule has 1 amide bonds. The Morgan fingerprint density at radius 3 is 3.08 bits per heavy atom. The molecule has 0 saturated heterocycles. The van der Waals surface area contributed by atoms with E-state index in [1.54, 1.807) is 12.1 Å². The van der Waals surface area contributed by atoms with Crippen molar-refractivity contribution in [2.45, 2.75) is 0 Å². The molecule has 0 spiro atoms. The first kappa shape index (κ1) is 8.96. The number of pyridine rings is 1. The number of nitrogens with two attached hydrogens (primary N) is 1. The maximum absolute atomic E-state index is 10.8. The van der Waals surface area contributed by atoms with Crippen molar-refractivity contribution in [3.8, 4) is 0 Å². The van der Waals surface area contributed by atoms with E-state index >= 15 is 0 Å². The van der Waals surface area contributed by atoms with Gasteiger partial charge in [0, 0.05) is 6.20 Å². The molecule has 0 atom stereocenters. The molecule has 0 bridgehead atoms. The van der Waals surface area contributed by atoms with Crippen molar-refractivity contribution in [1.82, 2.24) is 4.98 Å². The summed E-state index contributed by atoms with van der Waals surface area (Å²) in [7, 11) is 0. The molecule has 0 fully saturated rings. The van der Waals surface area contributed by atoms with Crippen LogP contribution in [-0.2, 0) is 4.79 Å². The van der Waals surface area contributed by atoms with E-state index in [9.17, 15) is 4.79 Å². The van der Waals surface area contributed by atoms with Crippen LogP contribution >= 0.6 is 11.6 Å². The van der Waals surface area contributed by atoms with E-state index in [1.807, 2.05) is 0 Å². The number of amides is 1. The Kier molecular flexibility index (Phi) is 3.01. The first-order valence-corrected chi connectivity index (χ1v) is 3.72. The molecule has 0 aromatic carbocycles. The van der Waals surface area contributed by atoms with E-state index in [0.29, 0.717) is 10.8 Å². The van der Waals surface area contributed by atoms with Gasteiger partial charge < -0.3 is 11.1 Å². The lowest BCUT2D eigenvalue weighted by Crippen LogP contribution is -2.22. The summed E-state index contributed by atoms with van der Waals surface area (Å²) in [6.07, 6.45) is 1.54. The van der Waals surface area contributed by atoms with Gasteiger partial charge in [0.2, 0.25) is 5.91 Å². The maximum Gasteiger partial charge on any atom is 0.239 e. The zero-order chi connectivity index (χ0) is 8.97. The van der Waals surface area contributed by atoms with Gasteiger partial charge in [0.15, 0.2) is 5.82 Å². The Balaban J connectivity index is 2.75. The Bertz CT molecular complexity index is 290. The van der Waals surface area contributed by atoms with Crippen molar-refractivity contribution < 1.29 is 4.79 Å². The maximum atomic E-state index is 10.8. The molecule has 5 heteroatoms. The number of carbonyl (C=O) groups is 1. The largest absolute Gasteiger partial charge is 0.322 e. The minimum absolute atomic E-state index is 0.0765. The first-order chi connectivity index (χ1) is 5.74. The highest BCUT2D eigenvalue weighted by molar-refractivity contribution is 6.33. The number of nitrogens with one attached hydrogen (secondary N) is 1. The van der Waals surface area contributed by atoms with Crippen molar-refractivity contribution in [3.63, 3.8) is 0 Å². The van der Waals surface area contributed by atoms with Crippen molar-refractivity contribution in [2.24, 2.45) is 5.73 Å². The Hall–Kier alpha value is -1.13. The van der Waals surface area contributed by atoms with E-state index < -0.39 is 0 Å². The molecule has 1 aromatic heterocycles. The van der Waals surface area contributed by atoms with Crippen LogP contribution in [0.25, 0.3) is 0 Å². The predicted octanol–water partition coefficient (Wildman–Crippen LogP) is 0.632. The third kappa shape index (κ3) is 2.18. The summed E-state index contributed by atoms with van der Waals surface area (Å²) in [6, 6.07) is 3.32. The molecule has 12 heavy (non-hydrogen) atoms. The van der Waals surface area contributed by atoms with Crippen molar-refractivity contribution in [1.29, 1.82) is 0 Å². The van der Waals surface area contributed by atoms with Crippen LogP contribution < -0.4 is 11.1 Å².